The Labute approximate surface area is 131 Å². The number of pyridine rings is 1. The minimum absolute atomic E-state index is 0.920. The maximum Gasteiger partial charge on any atom is 0.0740 e. The van der Waals surface area contributed by atoms with Gasteiger partial charge in [0.05, 0.1) is 5.69 Å². The first-order valence-corrected chi connectivity index (χ1v) is 7.68. The van der Waals surface area contributed by atoms with E-state index in [1.807, 2.05) is 12.3 Å². The van der Waals surface area contributed by atoms with E-state index in [0.29, 0.717) is 0 Å². The zero-order valence-electron chi connectivity index (χ0n) is 12.4. The van der Waals surface area contributed by atoms with Gasteiger partial charge >= 0.3 is 0 Å². The number of hydrogen-bond donors (Lipinski definition) is 0. The summed E-state index contributed by atoms with van der Waals surface area (Å²) in [6.45, 7) is 0. The van der Waals surface area contributed by atoms with Crippen molar-refractivity contribution >= 4 is 5.57 Å². The summed E-state index contributed by atoms with van der Waals surface area (Å²) < 4.78 is 0. The molecule has 106 valence electrons. The van der Waals surface area contributed by atoms with Crippen LogP contribution in [0, 0.1) is 0 Å². The van der Waals surface area contributed by atoms with Crippen molar-refractivity contribution in [2.24, 2.45) is 0 Å². The molecule has 22 heavy (non-hydrogen) atoms. The van der Waals surface area contributed by atoms with E-state index < -0.39 is 0 Å². The Bertz CT molecular complexity index is 831. The number of aromatic nitrogens is 1. The van der Waals surface area contributed by atoms with E-state index in [-0.39, 0.29) is 0 Å². The fraction of sp³-hybridized carbons (Fsp3) is 0.0952. The molecule has 0 radical (unpaired) electrons. The van der Waals surface area contributed by atoms with Crippen molar-refractivity contribution in [3.63, 3.8) is 0 Å². The molecule has 1 heterocycles. The zero-order chi connectivity index (χ0) is 14.8. The van der Waals surface area contributed by atoms with Crippen LogP contribution in [0.5, 0.6) is 0 Å². The Morgan fingerprint density at radius 3 is 2.55 bits per heavy atom. The summed E-state index contributed by atoms with van der Waals surface area (Å²) in [7, 11) is 0. The number of nitrogens with zero attached hydrogens (tertiary/aromatic N) is 1. The highest BCUT2D eigenvalue weighted by Gasteiger charge is 2.18. The number of hydrogen-bond acceptors (Lipinski definition) is 1. The molecule has 0 fully saturated rings. The molecule has 0 aliphatic heterocycles. The molecule has 1 aromatic heterocycles. The Morgan fingerprint density at radius 1 is 0.818 bits per heavy atom. The second kappa shape index (κ2) is 5.61. The van der Waals surface area contributed by atoms with Gasteiger partial charge in [0, 0.05) is 11.8 Å². The van der Waals surface area contributed by atoms with Crippen molar-refractivity contribution in [1.82, 2.24) is 4.98 Å². The fourth-order valence-electron chi connectivity index (χ4n) is 3.15. The molecule has 0 bridgehead atoms. The van der Waals surface area contributed by atoms with E-state index in [9.17, 15) is 0 Å². The van der Waals surface area contributed by atoms with Crippen molar-refractivity contribution in [2.75, 3.05) is 0 Å². The predicted molar refractivity (Wildman–Crippen MR) is 90.7 cm³/mol. The molecule has 0 N–H and O–H groups in total. The molecule has 0 amide bonds. The molecule has 0 atom stereocenters. The second-order valence-electron chi connectivity index (χ2n) is 5.65. The summed E-state index contributed by atoms with van der Waals surface area (Å²) in [4.78, 5) is 4.69. The van der Waals surface area contributed by atoms with Gasteiger partial charge in [-0.05, 0) is 41.2 Å². The van der Waals surface area contributed by atoms with Gasteiger partial charge in [0.2, 0.25) is 0 Å². The molecule has 1 nitrogen and oxygen atoms in total. The van der Waals surface area contributed by atoms with Crippen molar-refractivity contribution < 1.29 is 0 Å². The second-order valence-corrected chi connectivity index (χ2v) is 5.65. The van der Waals surface area contributed by atoms with E-state index in [2.05, 4.69) is 71.7 Å². The molecule has 4 rings (SSSR count). The molecule has 2 aromatic carbocycles. The van der Waals surface area contributed by atoms with Crippen LogP contribution in [0.4, 0.5) is 0 Å². The van der Waals surface area contributed by atoms with Crippen LogP contribution in [0.15, 0.2) is 79.0 Å². The summed E-state index contributed by atoms with van der Waals surface area (Å²) in [5.74, 6) is 0. The standard InChI is InChI=1S/C21H17N/c1-2-7-16(8-3-1)15-18-10-6-14-22-21(18)20-13-12-17-9-4-5-11-19(17)20/h1-11,13-14H,12,15H2. The Hall–Kier alpha value is -2.67. The average Bonchev–Trinajstić information content (AvgIpc) is 3.00. The highest BCUT2D eigenvalue weighted by molar-refractivity contribution is 5.84. The van der Waals surface area contributed by atoms with E-state index in [0.717, 1.165) is 18.5 Å². The van der Waals surface area contributed by atoms with Crippen molar-refractivity contribution in [1.29, 1.82) is 0 Å². The quantitative estimate of drug-likeness (QED) is 0.681. The van der Waals surface area contributed by atoms with Crippen LogP contribution in [0.1, 0.15) is 27.9 Å². The Kier molecular flexibility index (Phi) is 3.32. The molecule has 0 spiro atoms. The van der Waals surface area contributed by atoms with Gasteiger partial charge in [-0.15, -0.1) is 0 Å². The van der Waals surface area contributed by atoms with Gasteiger partial charge in [-0.3, -0.25) is 4.98 Å². The highest BCUT2D eigenvalue weighted by atomic mass is 14.7. The molecule has 3 aromatic rings. The lowest BCUT2D eigenvalue weighted by Gasteiger charge is -2.11. The third kappa shape index (κ3) is 2.35. The minimum atomic E-state index is 0.920. The van der Waals surface area contributed by atoms with Gasteiger partial charge in [0.1, 0.15) is 0 Å². The number of fused-ring (bicyclic) bond motifs is 1. The van der Waals surface area contributed by atoms with E-state index >= 15 is 0 Å². The van der Waals surface area contributed by atoms with Gasteiger partial charge < -0.3 is 0 Å². The van der Waals surface area contributed by atoms with Crippen molar-refractivity contribution in [3.8, 4) is 0 Å². The number of allylic oxidation sites excluding steroid dienone is 1. The van der Waals surface area contributed by atoms with E-state index in [1.165, 1.54) is 27.8 Å². The lowest BCUT2D eigenvalue weighted by atomic mass is 9.96. The van der Waals surface area contributed by atoms with Gasteiger partial charge in [-0.2, -0.15) is 0 Å². The number of rotatable bonds is 3. The Morgan fingerprint density at radius 2 is 1.64 bits per heavy atom. The van der Waals surface area contributed by atoms with Crippen LogP contribution in [-0.2, 0) is 12.8 Å². The lowest BCUT2D eigenvalue weighted by molar-refractivity contribution is 1.12. The average molecular weight is 283 g/mol. The predicted octanol–water partition coefficient (Wildman–Crippen LogP) is 4.66. The maximum absolute atomic E-state index is 4.69. The summed E-state index contributed by atoms with van der Waals surface area (Å²) in [6.07, 6.45) is 6.13. The van der Waals surface area contributed by atoms with Gasteiger partial charge in [-0.25, -0.2) is 0 Å². The van der Waals surface area contributed by atoms with Crippen LogP contribution in [0.25, 0.3) is 5.57 Å². The molecule has 0 saturated heterocycles. The largest absolute Gasteiger partial charge is 0.256 e. The normalized spacial score (nSPS) is 12.8. The number of benzene rings is 2. The van der Waals surface area contributed by atoms with E-state index in [4.69, 9.17) is 0 Å². The first kappa shape index (κ1) is 13.0. The maximum atomic E-state index is 4.69. The third-order valence-corrected chi connectivity index (χ3v) is 4.22. The van der Waals surface area contributed by atoms with Crippen LogP contribution >= 0.6 is 0 Å². The SMILES string of the molecule is C1=C(c2ncccc2Cc2ccccc2)c2ccccc2C1. The van der Waals surface area contributed by atoms with Crippen LogP contribution in [0.3, 0.4) is 0 Å². The fourth-order valence-corrected chi connectivity index (χ4v) is 3.15. The lowest BCUT2D eigenvalue weighted by Crippen LogP contribution is -1.98. The van der Waals surface area contributed by atoms with Crippen LogP contribution in [0.2, 0.25) is 0 Å². The van der Waals surface area contributed by atoms with Crippen LogP contribution in [-0.4, -0.2) is 4.98 Å². The van der Waals surface area contributed by atoms with Crippen LogP contribution < -0.4 is 0 Å². The third-order valence-electron chi connectivity index (χ3n) is 4.22. The van der Waals surface area contributed by atoms with E-state index in [1.54, 1.807) is 0 Å². The first-order chi connectivity index (χ1) is 10.9. The molecule has 1 heteroatoms. The molecule has 0 unspecified atom stereocenters. The Balaban J connectivity index is 1.75. The van der Waals surface area contributed by atoms with Crippen molar-refractivity contribution in [2.45, 2.75) is 12.8 Å². The monoisotopic (exact) mass is 283 g/mol. The highest BCUT2D eigenvalue weighted by Crippen LogP contribution is 2.33. The smallest absolute Gasteiger partial charge is 0.0740 e. The molecular formula is C21H17N. The topological polar surface area (TPSA) is 12.9 Å². The molecule has 0 saturated carbocycles. The van der Waals surface area contributed by atoms with Gasteiger partial charge in [-0.1, -0.05) is 66.7 Å². The first-order valence-electron chi connectivity index (χ1n) is 7.68. The zero-order valence-corrected chi connectivity index (χ0v) is 12.4. The van der Waals surface area contributed by atoms with Gasteiger partial charge in [0.25, 0.3) is 0 Å². The summed E-state index contributed by atoms with van der Waals surface area (Å²) in [6, 6.07) is 23.4. The summed E-state index contributed by atoms with van der Waals surface area (Å²) in [5, 5.41) is 0. The van der Waals surface area contributed by atoms with Gasteiger partial charge in [0.15, 0.2) is 0 Å². The summed E-state index contributed by atoms with van der Waals surface area (Å²) in [5.41, 5.74) is 7.74. The van der Waals surface area contributed by atoms with Crippen molar-refractivity contribution in [3.05, 3.63) is 107 Å². The minimum Gasteiger partial charge on any atom is -0.256 e. The molecular weight excluding hydrogens is 266 g/mol. The molecule has 1 aliphatic rings. The molecule has 1 aliphatic carbocycles. The summed E-state index contributed by atoms with van der Waals surface area (Å²) >= 11 is 0.